The summed E-state index contributed by atoms with van der Waals surface area (Å²) in [6.45, 7) is 0. The zero-order valence-corrected chi connectivity index (χ0v) is 71.9. The maximum atomic E-state index is 2.51. The van der Waals surface area contributed by atoms with Gasteiger partial charge < -0.3 is 27.4 Å². The van der Waals surface area contributed by atoms with Crippen molar-refractivity contribution in [1.29, 1.82) is 0 Å². The quantitative estimate of drug-likeness (QED) is 0.104. The van der Waals surface area contributed by atoms with Gasteiger partial charge in [0.05, 0.1) is 71.9 Å². The average molecular weight is 1680 g/mol. The van der Waals surface area contributed by atoms with Crippen molar-refractivity contribution in [3.63, 3.8) is 0 Å². The summed E-state index contributed by atoms with van der Waals surface area (Å²) in [5.41, 5.74) is 39.2. The van der Waals surface area contributed by atoms with Crippen LogP contribution in [0, 0.1) is 0 Å². The molecular weight excluding hydrogens is 1600 g/mol. The molecule has 6 nitrogen and oxygen atoms in total. The molecule has 0 unspecified atom stereocenters. The predicted molar refractivity (Wildman–Crippen MR) is 556 cm³/mol. The lowest BCUT2D eigenvalue weighted by Gasteiger charge is -2.16. The van der Waals surface area contributed by atoms with Gasteiger partial charge in [-0.2, -0.15) is 0 Å². The first kappa shape index (κ1) is 74.6. The van der Waals surface area contributed by atoms with Crippen molar-refractivity contribution in [2.75, 3.05) is 0 Å². The molecule has 0 spiro atoms. The van der Waals surface area contributed by atoms with Gasteiger partial charge in [0.2, 0.25) is 0 Å². The van der Waals surface area contributed by atoms with Crippen molar-refractivity contribution in [1.82, 2.24) is 27.4 Å². The zero-order chi connectivity index (χ0) is 86.6. The van der Waals surface area contributed by atoms with E-state index in [9.17, 15) is 0 Å². The van der Waals surface area contributed by atoms with Crippen molar-refractivity contribution in [3.8, 4) is 123 Å². The van der Waals surface area contributed by atoms with Gasteiger partial charge in [-0.15, -0.1) is 0 Å². The first-order chi connectivity index (χ1) is 65.5. The van der Waals surface area contributed by atoms with E-state index < -0.39 is 0 Å². The molecule has 0 radical (unpaired) electrons. The molecule has 0 aliphatic rings. The molecule has 0 bridgehead atoms. The minimum atomic E-state index is 1.08. The van der Waals surface area contributed by atoms with Gasteiger partial charge >= 0.3 is 0 Å². The van der Waals surface area contributed by atoms with Crippen molar-refractivity contribution in [3.05, 3.63) is 485 Å². The van der Waals surface area contributed by atoms with Crippen molar-refractivity contribution in [2.24, 2.45) is 0 Å². The highest BCUT2D eigenvalue weighted by Crippen LogP contribution is 2.51. The number of aromatic nitrogens is 6. The van der Waals surface area contributed by atoms with Gasteiger partial charge in [-0.25, -0.2) is 0 Å². The molecule has 27 aromatic rings. The van der Waals surface area contributed by atoms with Crippen LogP contribution in [0.1, 0.15) is 0 Å². The Hall–Kier alpha value is -17.6. The Balaban J connectivity index is 0.591. The molecule has 0 atom stereocenters. The number of hydrogen-bond acceptors (Lipinski definition) is 0. The van der Waals surface area contributed by atoms with E-state index >= 15 is 0 Å². The van der Waals surface area contributed by atoms with Crippen molar-refractivity contribution >= 4 is 131 Å². The summed E-state index contributed by atoms with van der Waals surface area (Å²) in [5, 5.41) is 14.7. The average Bonchev–Trinajstić information content (AvgIpc) is 1.55. The first-order valence-electron chi connectivity index (χ1n) is 45.5. The summed E-state index contributed by atoms with van der Waals surface area (Å²) in [7, 11) is 0. The van der Waals surface area contributed by atoms with Gasteiger partial charge in [-0.3, -0.25) is 0 Å². The molecule has 6 heterocycles. The van der Waals surface area contributed by atoms with Crippen LogP contribution in [0.3, 0.4) is 0 Å². The molecule has 0 aliphatic heterocycles. The molecule has 132 heavy (non-hydrogen) atoms. The summed E-state index contributed by atoms with van der Waals surface area (Å²) in [6.07, 6.45) is 0. The monoisotopic (exact) mass is 1680 g/mol. The standard InChI is InChI=1S/C126H80N6/c1-6-31-81(32-7-1)82-57-64-92(65-58-82)129-111-55-28-23-50-103(111)124-117(129)75-76-120-126(124)107-80-89(63-70-114(107)132(120)108-52-25-20-45-98(108)83-33-8-2-9-34-83)96-44-17-19-47-100(96)99-46-18-16-43-95(99)85-59-66-93(67-60-85)130-113-69-62-87(79-106(113)125-119(130)74-72-116-123(125)102-49-22-27-54-110(102)128(116)91-40-14-5-15-41-91)86-61-68-97(105(78-86)84-35-10-3-11-36-84)88-37-30-42-94(77-88)131-112-56-29-24-51-104(112)122-118(131)73-71-115-121(122)101-48-21-26-53-109(101)127(115)90-38-12-4-13-39-90/h1-80H. The fourth-order valence-corrected chi connectivity index (χ4v) is 22.1. The van der Waals surface area contributed by atoms with Crippen LogP contribution < -0.4 is 0 Å². The Labute approximate surface area is 761 Å². The van der Waals surface area contributed by atoms with Crippen LogP contribution in [0.4, 0.5) is 0 Å². The van der Waals surface area contributed by atoms with E-state index in [2.05, 4.69) is 513 Å². The summed E-state index contributed by atoms with van der Waals surface area (Å²) in [4.78, 5) is 0. The Morgan fingerprint density at radius 2 is 0.364 bits per heavy atom. The Morgan fingerprint density at radius 1 is 0.106 bits per heavy atom. The lowest BCUT2D eigenvalue weighted by atomic mass is 9.89. The van der Waals surface area contributed by atoms with Crippen LogP contribution in [0.2, 0.25) is 0 Å². The summed E-state index contributed by atoms with van der Waals surface area (Å²) < 4.78 is 14.8. The second-order valence-corrected chi connectivity index (χ2v) is 34.9. The number of benzene rings is 21. The molecule has 0 saturated carbocycles. The molecule has 0 fully saturated rings. The predicted octanol–water partition coefficient (Wildman–Crippen LogP) is 33.6. The van der Waals surface area contributed by atoms with E-state index in [1.165, 1.54) is 114 Å². The number of fused-ring (bicyclic) bond motifs is 21. The highest BCUT2D eigenvalue weighted by molar-refractivity contribution is 6.32. The lowest BCUT2D eigenvalue weighted by Crippen LogP contribution is -1.97. The SMILES string of the molecule is c1ccc(-c2ccc(-n3c4ccccc4c4c5c6cc(-c7ccccc7-c7ccccc7-c7ccc(-n8c9ccc(-c%10ccc(-c%11cccc(-n%12c%13ccccc%13c%13c%14c%15ccccc%15n(-c%15ccccc%15)c%14ccc%13%12)c%11)c(-c%11ccccc%11)c%10)cc9c9c%10c%11ccccc%11n(-c%11ccccc%11)c%10ccc98)cc7)ccc6n(-c6ccccc6-c6ccccc6)c5ccc43)cc2)cc1. The molecule has 0 saturated heterocycles. The van der Waals surface area contributed by atoms with Gasteiger partial charge in [0.1, 0.15) is 0 Å². The van der Waals surface area contributed by atoms with Crippen LogP contribution in [-0.4, -0.2) is 27.4 Å². The van der Waals surface area contributed by atoms with Crippen LogP contribution in [0.15, 0.2) is 485 Å². The van der Waals surface area contributed by atoms with E-state index in [1.54, 1.807) is 0 Å². The molecular formula is C126H80N6. The zero-order valence-electron chi connectivity index (χ0n) is 71.9. The van der Waals surface area contributed by atoms with Gasteiger partial charge in [-0.1, -0.05) is 328 Å². The van der Waals surface area contributed by atoms with Gasteiger partial charge in [0.25, 0.3) is 0 Å². The van der Waals surface area contributed by atoms with Crippen LogP contribution in [0.25, 0.3) is 254 Å². The van der Waals surface area contributed by atoms with E-state index in [1.807, 2.05) is 0 Å². The molecule has 6 heteroatoms. The lowest BCUT2D eigenvalue weighted by molar-refractivity contribution is 1.17. The minimum Gasteiger partial charge on any atom is -0.309 e. The second kappa shape index (κ2) is 30.0. The van der Waals surface area contributed by atoms with E-state index in [-0.39, 0.29) is 0 Å². The fraction of sp³-hybridized carbons (Fsp3) is 0. The number of nitrogens with zero attached hydrogens (tertiary/aromatic N) is 6. The smallest absolute Gasteiger partial charge is 0.0549 e. The van der Waals surface area contributed by atoms with Crippen LogP contribution in [-0.2, 0) is 0 Å². The van der Waals surface area contributed by atoms with E-state index in [4.69, 9.17) is 0 Å². The third-order valence-electron chi connectivity index (χ3n) is 27.8. The highest BCUT2D eigenvalue weighted by Gasteiger charge is 2.28. The Kier molecular flexibility index (Phi) is 17.0. The topological polar surface area (TPSA) is 29.6 Å². The maximum absolute atomic E-state index is 2.51. The molecule has 0 N–H and O–H groups in total. The fourth-order valence-electron chi connectivity index (χ4n) is 22.1. The summed E-state index contributed by atoms with van der Waals surface area (Å²) in [6, 6.07) is 180. The molecule has 614 valence electrons. The third kappa shape index (κ3) is 11.6. The number of para-hydroxylation sites is 7. The van der Waals surface area contributed by atoms with E-state index in [0.717, 1.165) is 140 Å². The van der Waals surface area contributed by atoms with Gasteiger partial charge in [-0.05, 0) is 241 Å². The maximum Gasteiger partial charge on any atom is 0.0549 e. The number of hydrogen-bond donors (Lipinski definition) is 0. The molecule has 21 aromatic carbocycles. The normalized spacial score (nSPS) is 11.9. The summed E-state index contributed by atoms with van der Waals surface area (Å²) >= 11 is 0. The Morgan fingerprint density at radius 3 is 0.841 bits per heavy atom. The molecule has 27 rings (SSSR count). The third-order valence-corrected chi connectivity index (χ3v) is 27.8. The van der Waals surface area contributed by atoms with Crippen LogP contribution >= 0.6 is 0 Å². The molecule has 0 amide bonds. The van der Waals surface area contributed by atoms with Crippen LogP contribution in [0.5, 0.6) is 0 Å². The van der Waals surface area contributed by atoms with Gasteiger partial charge in [0.15, 0.2) is 0 Å². The summed E-state index contributed by atoms with van der Waals surface area (Å²) in [5.74, 6) is 0. The highest BCUT2D eigenvalue weighted by atomic mass is 15.0. The van der Waals surface area contributed by atoms with Gasteiger partial charge in [0, 0.05) is 98.6 Å². The molecule has 6 aromatic heterocycles. The Bertz CT molecular complexity index is 9350. The first-order valence-corrected chi connectivity index (χ1v) is 45.5. The van der Waals surface area contributed by atoms with Crippen molar-refractivity contribution in [2.45, 2.75) is 0 Å². The minimum absolute atomic E-state index is 1.08. The largest absolute Gasteiger partial charge is 0.309 e. The number of rotatable bonds is 14. The van der Waals surface area contributed by atoms with E-state index in [0.29, 0.717) is 0 Å². The second-order valence-electron chi connectivity index (χ2n) is 34.9. The van der Waals surface area contributed by atoms with Crippen molar-refractivity contribution < 1.29 is 0 Å². The molecule has 0 aliphatic carbocycles.